The van der Waals surface area contributed by atoms with E-state index in [-0.39, 0.29) is 5.56 Å². The first-order valence-electron chi connectivity index (χ1n) is 18.8. The topological polar surface area (TPSA) is 22.0 Å². The van der Waals surface area contributed by atoms with Crippen LogP contribution in [0.25, 0.3) is 104 Å². The maximum Gasteiger partial charge on any atom is 0.263 e. The smallest absolute Gasteiger partial charge is 0.263 e. The van der Waals surface area contributed by atoms with Gasteiger partial charge in [0.2, 0.25) is 0 Å². The van der Waals surface area contributed by atoms with Crippen molar-refractivity contribution in [1.29, 1.82) is 0 Å². The van der Waals surface area contributed by atoms with E-state index in [9.17, 15) is 4.79 Å². The second-order valence-electron chi connectivity index (χ2n) is 14.5. The highest BCUT2D eigenvalue weighted by Crippen LogP contribution is 2.41. The summed E-state index contributed by atoms with van der Waals surface area (Å²) in [5, 5.41) is 12.6. The molecule has 0 bridgehead atoms. The number of hydrogen-bond donors (Lipinski definition) is 0. The van der Waals surface area contributed by atoms with Crippen LogP contribution in [0.15, 0.2) is 205 Å². The second kappa shape index (κ2) is 12.4. The Morgan fingerprint density at radius 1 is 0.291 bits per heavy atom. The van der Waals surface area contributed by atoms with Gasteiger partial charge in [-0.3, -0.25) is 9.36 Å². The molecule has 11 rings (SSSR count). The van der Waals surface area contributed by atoms with Gasteiger partial charge in [-0.15, -0.1) is 0 Å². The summed E-state index contributed by atoms with van der Waals surface area (Å²) in [4.78, 5) is 14.0. The van der Waals surface area contributed by atoms with Crippen LogP contribution >= 0.6 is 0 Å². The van der Waals surface area contributed by atoms with Crippen molar-refractivity contribution in [3.63, 3.8) is 0 Å². The van der Waals surface area contributed by atoms with Gasteiger partial charge in [-0.05, 0) is 143 Å². The summed E-state index contributed by atoms with van der Waals surface area (Å²) in [5.41, 5.74) is 8.65. The summed E-state index contributed by atoms with van der Waals surface area (Å²) >= 11 is 0. The van der Waals surface area contributed by atoms with E-state index >= 15 is 0 Å². The van der Waals surface area contributed by atoms with E-state index in [1.54, 1.807) is 0 Å². The molecule has 0 saturated heterocycles. The predicted octanol–water partition coefficient (Wildman–Crippen LogP) is 13.8. The number of aromatic nitrogens is 1. The van der Waals surface area contributed by atoms with Crippen LogP contribution in [0.3, 0.4) is 0 Å². The van der Waals surface area contributed by atoms with Gasteiger partial charge in [0, 0.05) is 16.5 Å². The molecule has 10 aromatic carbocycles. The monoisotopic (exact) mass is 699 g/mol. The quantitative estimate of drug-likeness (QED) is 0.132. The largest absolute Gasteiger partial charge is 0.276 e. The molecule has 0 aliphatic carbocycles. The fraction of sp³-hybridized carbons (Fsp3) is 0. The second-order valence-corrected chi connectivity index (χ2v) is 14.5. The first-order valence-corrected chi connectivity index (χ1v) is 18.8. The summed E-state index contributed by atoms with van der Waals surface area (Å²) in [6.45, 7) is 0. The zero-order chi connectivity index (χ0) is 36.5. The molecule has 1 heterocycles. The maximum absolute atomic E-state index is 14.0. The SMILES string of the molecule is O=c1c2ccccc2c2cc(-c3cc(-c4cccc5ccccc45)cc(-c4cccc5c4ccc4cc6ccccc6cc45)c3)ccc2n1-c1ccccc1. The van der Waals surface area contributed by atoms with Gasteiger partial charge in [0.05, 0.1) is 5.52 Å². The van der Waals surface area contributed by atoms with E-state index in [1.165, 1.54) is 54.2 Å². The lowest BCUT2D eigenvalue weighted by Crippen LogP contribution is -2.19. The fourth-order valence-electron chi connectivity index (χ4n) is 8.71. The van der Waals surface area contributed by atoms with Crippen LogP contribution in [0.2, 0.25) is 0 Å². The van der Waals surface area contributed by atoms with Crippen molar-refractivity contribution in [1.82, 2.24) is 4.57 Å². The van der Waals surface area contributed by atoms with Crippen molar-refractivity contribution < 1.29 is 0 Å². The lowest BCUT2D eigenvalue weighted by Gasteiger charge is -2.17. The number of nitrogens with zero attached hydrogens (tertiary/aromatic N) is 1. The van der Waals surface area contributed by atoms with Gasteiger partial charge in [0.25, 0.3) is 5.56 Å². The van der Waals surface area contributed by atoms with Gasteiger partial charge in [-0.1, -0.05) is 140 Å². The van der Waals surface area contributed by atoms with Crippen LogP contribution in [0, 0.1) is 0 Å². The predicted molar refractivity (Wildman–Crippen MR) is 233 cm³/mol. The minimum atomic E-state index is -0.0150. The third kappa shape index (κ3) is 5.07. The molecule has 0 radical (unpaired) electrons. The van der Waals surface area contributed by atoms with Crippen LogP contribution in [0.4, 0.5) is 0 Å². The van der Waals surface area contributed by atoms with Crippen LogP contribution in [-0.2, 0) is 0 Å². The average Bonchev–Trinajstić information content (AvgIpc) is 3.25. The Labute approximate surface area is 317 Å². The minimum absolute atomic E-state index is 0.0150. The molecule has 55 heavy (non-hydrogen) atoms. The van der Waals surface area contributed by atoms with Gasteiger partial charge in [-0.25, -0.2) is 0 Å². The van der Waals surface area contributed by atoms with Crippen molar-refractivity contribution >= 4 is 64.8 Å². The van der Waals surface area contributed by atoms with E-state index in [0.29, 0.717) is 5.39 Å². The molecule has 0 fully saturated rings. The Balaban J connectivity index is 1.18. The van der Waals surface area contributed by atoms with E-state index < -0.39 is 0 Å². The van der Waals surface area contributed by atoms with Crippen molar-refractivity contribution in [2.24, 2.45) is 0 Å². The molecule has 0 aliphatic rings. The molecule has 2 nitrogen and oxygen atoms in total. The van der Waals surface area contributed by atoms with Gasteiger partial charge < -0.3 is 0 Å². The molecule has 0 saturated carbocycles. The lowest BCUT2D eigenvalue weighted by molar-refractivity contribution is 1.06. The Morgan fingerprint density at radius 3 is 1.67 bits per heavy atom. The van der Waals surface area contributed by atoms with Crippen LogP contribution in [-0.4, -0.2) is 4.57 Å². The first kappa shape index (κ1) is 31.3. The van der Waals surface area contributed by atoms with E-state index in [0.717, 1.165) is 44.2 Å². The maximum atomic E-state index is 14.0. The zero-order valence-electron chi connectivity index (χ0n) is 29.9. The van der Waals surface area contributed by atoms with Gasteiger partial charge in [0.15, 0.2) is 0 Å². The van der Waals surface area contributed by atoms with Crippen molar-refractivity contribution in [2.45, 2.75) is 0 Å². The van der Waals surface area contributed by atoms with Crippen molar-refractivity contribution in [2.75, 3.05) is 0 Å². The van der Waals surface area contributed by atoms with Crippen LogP contribution in [0.5, 0.6) is 0 Å². The van der Waals surface area contributed by atoms with Gasteiger partial charge >= 0.3 is 0 Å². The molecular weight excluding hydrogens is 667 g/mol. The van der Waals surface area contributed by atoms with E-state index in [1.807, 2.05) is 53.1 Å². The summed E-state index contributed by atoms with van der Waals surface area (Å²) in [5.74, 6) is 0. The Kier molecular flexibility index (Phi) is 7.05. The molecule has 0 N–H and O–H groups in total. The molecule has 0 unspecified atom stereocenters. The normalized spacial score (nSPS) is 11.7. The zero-order valence-corrected chi connectivity index (χ0v) is 29.9. The summed E-state index contributed by atoms with van der Waals surface area (Å²) in [7, 11) is 0. The molecule has 2 heteroatoms. The molecule has 0 spiro atoms. The summed E-state index contributed by atoms with van der Waals surface area (Å²) < 4.78 is 1.85. The molecule has 0 amide bonds. The summed E-state index contributed by atoms with van der Waals surface area (Å²) in [6.07, 6.45) is 0. The lowest BCUT2D eigenvalue weighted by atomic mass is 9.88. The number of benzene rings is 10. The Bertz CT molecular complexity index is 3390. The fourth-order valence-corrected chi connectivity index (χ4v) is 8.71. The van der Waals surface area contributed by atoms with Crippen LogP contribution in [0.1, 0.15) is 0 Å². The third-order valence-corrected chi connectivity index (χ3v) is 11.3. The third-order valence-electron chi connectivity index (χ3n) is 11.3. The van der Waals surface area contributed by atoms with Crippen LogP contribution < -0.4 is 5.56 Å². The van der Waals surface area contributed by atoms with E-state index in [4.69, 9.17) is 0 Å². The van der Waals surface area contributed by atoms with E-state index in [2.05, 4.69) is 152 Å². The highest BCUT2D eigenvalue weighted by molar-refractivity contribution is 6.16. The Morgan fingerprint density at radius 2 is 0.873 bits per heavy atom. The number of hydrogen-bond acceptors (Lipinski definition) is 1. The molecule has 1 aromatic heterocycles. The molecule has 0 atom stereocenters. The minimum Gasteiger partial charge on any atom is -0.276 e. The number of para-hydroxylation sites is 1. The number of fused-ring (bicyclic) bond motifs is 8. The average molecular weight is 700 g/mol. The van der Waals surface area contributed by atoms with Crippen molar-refractivity contribution in [3.05, 3.63) is 211 Å². The molecule has 0 aliphatic heterocycles. The standard InChI is InChI=1S/C53H33NO/c55-53-49-20-9-8-19-47(49)51-33-37(25-27-52(51)54(53)42-16-2-1-3-17-42)39-29-40(44-21-10-15-34-12-6-7-18-43(34)44)31-41(30-39)45-22-11-23-46-48(45)26-24-38-28-35-13-4-5-14-36(35)32-50(38)46/h1-33H. The highest BCUT2D eigenvalue weighted by atomic mass is 16.1. The van der Waals surface area contributed by atoms with Crippen molar-refractivity contribution in [3.8, 4) is 39.1 Å². The van der Waals surface area contributed by atoms with Gasteiger partial charge in [-0.2, -0.15) is 0 Å². The Hall–Kier alpha value is -7.29. The van der Waals surface area contributed by atoms with Gasteiger partial charge in [0.1, 0.15) is 0 Å². The number of pyridine rings is 1. The molecule has 11 aromatic rings. The first-order chi connectivity index (χ1) is 27.2. The number of rotatable bonds is 4. The molecule has 256 valence electrons. The highest BCUT2D eigenvalue weighted by Gasteiger charge is 2.16. The summed E-state index contributed by atoms with van der Waals surface area (Å²) in [6, 6.07) is 71.2. The molecular formula is C53H33NO.